The average molecular weight is 444 g/mol. The maximum absolute atomic E-state index is 12.1. The molecule has 0 radical (unpaired) electrons. The molecule has 2 aromatic carbocycles. The Morgan fingerprint density at radius 3 is 2.48 bits per heavy atom. The first-order chi connectivity index (χ1) is 14.9. The van der Waals surface area contributed by atoms with Gasteiger partial charge in [-0.25, -0.2) is 0 Å². The van der Waals surface area contributed by atoms with Gasteiger partial charge in [-0.3, -0.25) is 19.3 Å². The minimum atomic E-state index is -0.573. The predicted molar refractivity (Wildman–Crippen MR) is 117 cm³/mol. The Labute approximate surface area is 185 Å². The number of benzene rings is 2. The molecule has 2 atom stereocenters. The van der Waals surface area contributed by atoms with Gasteiger partial charge in [-0.05, 0) is 41.8 Å². The zero-order chi connectivity index (χ0) is 22.4. The molecule has 1 aliphatic heterocycles. The molecule has 1 fully saturated rings. The van der Waals surface area contributed by atoms with Gasteiger partial charge in [-0.15, -0.1) is 0 Å². The summed E-state index contributed by atoms with van der Waals surface area (Å²) in [5, 5.41) is -0.615. The molecule has 31 heavy (non-hydrogen) atoms. The summed E-state index contributed by atoms with van der Waals surface area (Å²) in [7, 11) is 3.08. The lowest BCUT2D eigenvalue weighted by atomic mass is 10.1. The molecule has 2 amide bonds. The fraction of sp³-hybridized carbons (Fsp3) is 0.348. The molecule has 0 spiro atoms. The predicted octanol–water partition coefficient (Wildman–Crippen LogP) is 4.00. The number of hydrogen-bond acceptors (Lipinski definition) is 7. The van der Waals surface area contributed by atoms with Gasteiger partial charge < -0.3 is 14.2 Å². The Balaban J connectivity index is 1.63. The number of carbonyl (C=O) groups excluding carboxylic acids is 3. The van der Waals surface area contributed by atoms with E-state index in [0.29, 0.717) is 17.9 Å². The van der Waals surface area contributed by atoms with Crippen molar-refractivity contribution >= 4 is 28.9 Å². The zero-order valence-electron chi connectivity index (χ0n) is 17.7. The first kappa shape index (κ1) is 22.7. The number of carbonyl (C=O) groups is 3. The second-order valence-electron chi connectivity index (χ2n) is 7.04. The fourth-order valence-electron chi connectivity index (χ4n) is 3.08. The standard InChI is InChI=1S/C23H25NO6S/c1-4-21(25)30-19(16-6-5-7-18(13-16)28-3)14-29-17-10-8-15(9-11-17)12-20-22(26)24(2)23(27)31-20/h5-11,13,19-20H,4,12,14H2,1-3H3. The summed E-state index contributed by atoms with van der Waals surface area (Å²) in [5.74, 6) is 0.796. The van der Waals surface area contributed by atoms with Crippen LogP contribution in [0.3, 0.4) is 0 Å². The lowest BCUT2D eigenvalue weighted by molar-refractivity contribution is -0.150. The average Bonchev–Trinajstić information content (AvgIpc) is 3.03. The number of thioether (sulfide) groups is 1. The Hall–Kier alpha value is -3.00. The highest BCUT2D eigenvalue weighted by Gasteiger charge is 2.36. The number of nitrogens with zero attached hydrogens (tertiary/aromatic N) is 1. The number of amides is 2. The second kappa shape index (κ2) is 10.3. The maximum Gasteiger partial charge on any atom is 0.306 e. The molecule has 8 heteroatoms. The highest BCUT2D eigenvalue weighted by atomic mass is 32.2. The van der Waals surface area contributed by atoms with E-state index in [1.165, 1.54) is 7.05 Å². The fourth-order valence-corrected chi connectivity index (χ4v) is 4.10. The van der Waals surface area contributed by atoms with Crippen molar-refractivity contribution in [1.82, 2.24) is 4.90 Å². The lowest BCUT2D eigenvalue weighted by Crippen LogP contribution is -2.28. The van der Waals surface area contributed by atoms with Crippen LogP contribution >= 0.6 is 11.8 Å². The van der Waals surface area contributed by atoms with E-state index in [-0.39, 0.29) is 30.1 Å². The van der Waals surface area contributed by atoms with Crippen molar-refractivity contribution in [2.75, 3.05) is 20.8 Å². The van der Waals surface area contributed by atoms with Crippen molar-refractivity contribution < 1.29 is 28.6 Å². The third-order valence-electron chi connectivity index (χ3n) is 4.90. The molecule has 0 saturated carbocycles. The van der Waals surface area contributed by atoms with Crippen LogP contribution in [0.15, 0.2) is 48.5 Å². The van der Waals surface area contributed by atoms with Gasteiger partial charge >= 0.3 is 5.97 Å². The van der Waals surface area contributed by atoms with Crippen LogP contribution in [0.25, 0.3) is 0 Å². The van der Waals surface area contributed by atoms with Crippen LogP contribution in [-0.4, -0.2) is 48.0 Å². The Bertz CT molecular complexity index is 945. The van der Waals surface area contributed by atoms with Gasteiger partial charge in [0.1, 0.15) is 18.1 Å². The molecule has 7 nitrogen and oxygen atoms in total. The Morgan fingerprint density at radius 1 is 1.13 bits per heavy atom. The number of imide groups is 1. The van der Waals surface area contributed by atoms with Gasteiger partial charge in [0.2, 0.25) is 5.91 Å². The minimum Gasteiger partial charge on any atom is -0.497 e. The monoisotopic (exact) mass is 443 g/mol. The molecule has 1 aliphatic rings. The van der Waals surface area contributed by atoms with E-state index in [9.17, 15) is 14.4 Å². The van der Waals surface area contributed by atoms with Crippen LogP contribution in [0.1, 0.15) is 30.6 Å². The van der Waals surface area contributed by atoms with Crippen molar-refractivity contribution in [2.24, 2.45) is 0 Å². The van der Waals surface area contributed by atoms with Crippen molar-refractivity contribution in [3.05, 3.63) is 59.7 Å². The van der Waals surface area contributed by atoms with Crippen LogP contribution in [0.5, 0.6) is 11.5 Å². The van der Waals surface area contributed by atoms with Gasteiger partial charge in [-0.1, -0.05) is 43.0 Å². The topological polar surface area (TPSA) is 82.1 Å². The van der Waals surface area contributed by atoms with Gasteiger partial charge in [0.25, 0.3) is 5.24 Å². The summed E-state index contributed by atoms with van der Waals surface area (Å²) >= 11 is 1.05. The normalized spacial score (nSPS) is 16.9. The van der Waals surface area contributed by atoms with Crippen LogP contribution in [-0.2, 0) is 20.7 Å². The van der Waals surface area contributed by atoms with Crippen molar-refractivity contribution in [2.45, 2.75) is 31.1 Å². The quantitative estimate of drug-likeness (QED) is 0.542. The van der Waals surface area contributed by atoms with E-state index in [1.54, 1.807) is 26.2 Å². The maximum atomic E-state index is 12.1. The van der Waals surface area contributed by atoms with Crippen LogP contribution in [0.4, 0.5) is 4.79 Å². The van der Waals surface area contributed by atoms with Gasteiger partial charge in [0.05, 0.1) is 12.4 Å². The van der Waals surface area contributed by atoms with Crippen LogP contribution in [0.2, 0.25) is 0 Å². The van der Waals surface area contributed by atoms with E-state index >= 15 is 0 Å². The first-order valence-corrected chi connectivity index (χ1v) is 10.8. The zero-order valence-corrected chi connectivity index (χ0v) is 18.5. The molecule has 1 saturated heterocycles. The van der Waals surface area contributed by atoms with E-state index in [0.717, 1.165) is 27.8 Å². The van der Waals surface area contributed by atoms with Crippen molar-refractivity contribution in [1.29, 1.82) is 0 Å². The molecule has 0 bridgehead atoms. The summed E-state index contributed by atoms with van der Waals surface area (Å²) in [6.07, 6.45) is 0.168. The summed E-state index contributed by atoms with van der Waals surface area (Å²) in [5.41, 5.74) is 1.71. The third-order valence-corrected chi connectivity index (χ3v) is 6.03. The highest BCUT2D eigenvalue weighted by Crippen LogP contribution is 2.29. The van der Waals surface area contributed by atoms with Crippen LogP contribution in [0, 0.1) is 0 Å². The molecule has 164 valence electrons. The highest BCUT2D eigenvalue weighted by molar-refractivity contribution is 8.15. The molecular formula is C23H25NO6S. The van der Waals surface area contributed by atoms with Gasteiger partial charge in [0.15, 0.2) is 6.10 Å². The number of ether oxygens (including phenoxy) is 3. The molecule has 2 unspecified atom stereocenters. The number of hydrogen-bond donors (Lipinski definition) is 0. The Kier molecular flexibility index (Phi) is 7.57. The van der Waals surface area contributed by atoms with Crippen molar-refractivity contribution in [3.8, 4) is 11.5 Å². The third kappa shape index (κ3) is 5.79. The smallest absolute Gasteiger partial charge is 0.306 e. The largest absolute Gasteiger partial charge is 0.497 e. The molecule has 0 aliphatic carbocycles. The number of rotatable bonds is 9. The molecule has 3 rings (SSSR count). The first-order valence-electron chi connectivity index (χ1n) is 9.94. The molecule has 0 N–H and O–H groups in total. The van der Waals surface area contributed by atoms with Gasteiger partial charge in [-0.2, -0.15) is 0 Å². The summed E-state index contributed by atoms with van der Waals surface area (Å²) in [6.45, 7) is 1.89. The molecule has 2 aromatic rings. The molecule has 0 aromatic heterocycles. The molecular weight excluding hydrogens is 418 g/mol. The summed E-state index contributed by atoms with van der Waals surface area (Å²) in [6, 6.07) is 14.7. The molecule has 1 heterocycles. The van der Waals surface area contributed by atoms with Crippen molar-refractivity contribution in [3.63, 3.8) is 0 Å². The van der Waals surface area contributed by atoms with E-state index in [1.807, 2.05) is 36.4 Å². The SMILES string of the molecule is CCC(=O)OC(COc1ccc(CC2SC(=O)N(C)C2=O)cc1)c1cccc(OC)c1. The number of esters is 1. The van der Waals surface area contributed by atoms with E-state index < -0.39 is 11.4 Å². The summed E-state index contributed by atoms with van der Waals surface area (Å²) < 4.78 is 16.7. The van der Waals surface area contributed by atoms with E-state index in [2.05, 4.69) is 0 Å². The lowest BCUT2D eigenvalue weighted by Gasteiger charge is -2.19. The Morgan fingerprint density at radius 2 is 1.87 bits per heavy atom. The van der Waals surface area contributed by atoms with Gasteiger partial charge in [0, 0.05) is 13.5 Å². The second-order valence-corrected chi connectivity index (χ2v) is 8.19. The number of methoxy groups -OCH3 is 1. The van der Waals surface area contributed by atoms with E-state index in [4.69, 9.17) is 14.2 Å². The summed E-state index contributed by atoms with van der Waals surface area (Å²) in [4.78, 5) is 36.7. The minimum absolute atomic E-state index is 0.147. The van der Waals surface area contributed by atoms with Crippen LogP contribution < -0.4 is 9.47 Å².